The van der Waals surface area contributed by atoms with Crippen LogP contribution in [0.2, 0.25) is 0 Å². The lowest BCUT2D eigenvalue weighted by molar-refractivity contribution is -0.161. The van der Waals surface area contributed by atoms with Crippen LogP contribution in [0.5, 0.6) is 0 Å². The van der Waals surface area contributed by atoms with E-state index in [2.05, 4.69) is 10.3 Å². The van der Waals surface area contributed by atoms with Crippen LogP contribution in [-0.4, -0.2) is 43.6 Å². The number of esters is 3. The lowest BCUT2D eigenvalue weighted by atomic mass is 9.81. The summed E-state index contributed by atoms with van der Waals surface area (Å²) in [5.74, 6) is -2.32. The average molecular weight is 428 g/mol. The molecule has 0 saturated carbocycles. The first-order chi connectivity index (χ1) is 14.6. The Morgan fingerprint density at radius 3 is 2.06 bits per heavy atom. The first-order valence-corrected chi connectivity index (χ1v) is 9.89. The van der Waals surface area contributed by atoms with Crippen molar-refractivity contribution in [2.75, 3.05) is 14.2 Å². The molecule has 1 aromatic carbocycles. The van der Waals surface area contributed by atoms with Crippen LogP contribution in [0.3, 0.4) is 0 Å². The van der Waals surface area contributed by atoms with Crippen LogP contribution in [-0.2, 0) is 28.6 Å². The number of ether oxygens (including phenoxy) is 3. The minimum Gasteiger partial charge on any atom is -0.466 e. The van der Waals surface area contributed by atoms with Crippen LogP contribution < -0.4 is 5.32 Å². The molecule has 0 fully saturated rings. The molecule has 8 nitrogen and oxygen atoms in total. The Hall–Kier alpha value is -3.42. The fraction of sp³-hybridized carbons (Fsp3) is 0.391. The summed E-state index contributed by atoms with van der Waals surface area (Å²) in [5.41, 5.74) is -0.466. The van der Waals surface area contributed by atoms with E-state index < -0.39 is 35.3 Å². The second-order valence-electron chi connectivity index (χ2n) is 7.55. The molecule has 1 heterocycles. The molecule has 0 aromatic heterocycles. The third-order valence-corrected chi connectivity index (χ3v) is 4.78. The molecule has 2 rings (SSSR count). The van der Waals surface area contributed by atoms with Crippen molar-refractivity contribution in [3.05, 3.63) is 59.4 Å². The van der Waals surface area contributed by atoms with E-state index in [9.17, 15) is 14.4 Å². The minimum absolute atomic E-state index is 0.135. The van der Waals surface area contributed by atoms with Crippen molar-refractivity contribution in [3.8, 4) is 0 Å². The summed E-state index contributed by atoms with van der Waals surface area (Å²) in [4.78, 5) is 41.7. The summed E-state index contributed by atoms with van der Waals surface area (Å²) in [5, 5.41) is 3.11. The van der Waals surface area contributed by atoms with Crippen molar-refractivity contribution in [1.29, 1.82) is 0 Å². The molecule has 0 amide bonds. The highest BCUT2D eigenvalue weighted by Crippen LogP contribution is 2.41. The van der Waals surface area contributed by atoms with Crippen LogP contribution >= 0.6 is 0 Å². The molecule has 166 valence electrons. The van der Waals surface area contributed by atoms with Gasteiger partial charge in [0.15, 0.2) is 5.60 Å². The second kappa shape index (κ2) is 10.1. The first-order valence-electron chi connectivity index (χ1n) is 9.89. The highest BCUT2D eigenvalue weighted by Gasteiger charge is 2.50. The van der Waals surface area contributed by atoms with Crippen LogP contribution in [0.25, 0.3) is 0 Å². The van der Waals surface area contributed by atoms with Gasteiger partial charge in [0.05, 0.1) is 25.8 Å². The predicted molar refractivity (Wildman–Crippen MR) is 115 cm³/mol. The lowest BCUT2D eigenvalue weighted by Crippen LogP contribution is -2.53. The van der Waals surface area contributed by atoms with E-state index >= 15 is 0 Å². The van der Waals surface area contributed by atoms with E-state index in [-0.39, 0.29) is 11.4 Å². The van der Waals surface area contributed by atoms with Crippen molar-refractivity contribution in [2.24, 2.45) is 16.8 Å². The molecule has 1 aliphatic rings. The van der Waals surface area contributed by atoms with Gasteiger partial charge in [-0.2, -0.15) is 0 Å². The number of amidine groups is 1. The van der Waals surface area contributed by atoms with Gasteiger partial charge in [0.25, 0.3) is 0 Å². The Morgan fingerprint density at radius 2 is 1.55 bits per heavy atom. The average Bonchev–Trinajstić information content (AvgIpc) is 2.75. The molecule has 1 aromatic rings. The topological polar surface area (TPSA) is 103 Å². The molecule has 1 N–H and O–H groups in total. The molecule has 1 aliphatic heterocycles. The van der Waals surface area contributed by atoms with Crippen molar-refractivity contribution in [3.63, 3.8) is 0 Å². The van der Waals surface area contributed by atoms with Gasteiger partial charge in [-0.15, -0.1) is 0 Å². The van der Waals surface area contributed by atoms with Crippen LogP contribution in [0.15, 0.2) is 58.9 Å². The smallest absolute Gasteiger partial charge is 0.332 e. The maximum Gasteiger partial charge on any atom is 0.332 e. The normalized spacial score (nSPS) is 21.0. The number of benzene rings is 1. The van der Waals surface area contributed by atoms with Crippen LogP contribution in [0.1, 0.15) is 33.3 Å². The van der Waals surface area contributed by atoms with E-state index in [0.29, 0.717) is 11.4 Å². The van der Waals surface area contributed by atoms with Gasteiger partial charge in [0, 0.05) is 23.6 Å². The molecule has 0 radical (unpaired) electrons. The van der Waals surface area contributed by atoms with Gasteiger partial charge < -0.3 is 19.5 Å². The van der Waals surface area contributed by atoms with Gasteiger partial charge in [-0.05, 0) is 0 Å². The van der Waals surface area contributed by atoms with Crippen molar-refractivity contribution in [1.82, 2.24) is 5.32 Å². The molecule has 1 atom stereocenters. The first kappa shape index (κ1) is 23.9. The standard InChI is InChI=1S/C23H28N2O6/c1-14(2)22(28)31-23(15(3)4)17(12-19(26)29-5)24-21(16-10-8-7-9-11-16)25-18(23)13-20(27)30-6/h7-15H,1-6H3,(H,24,25)/b17-12-,18-13+. The number of hydrogen-bond donors (Lipinski definition) is 1. The third kappa shape index (κ3) is 5.20. The van der Waals surface area contributed by atoms with Crippen LogP contribution in [0, 0.1) is 11.8 Å². The van der Waals surface area contributed by atoms with E-state index in [1.54, 1.807) is 27.7 Å². The summed E-state index contributed by atoms with van der Waals surface area (Å²) in [6.07, 6.45) is 2.37. The lowest BCUT2D eigenvalue weighted by Gasteiger charge is -2.42. The monoisotopic (exact) mass is 428 g/mol. The van der Waals surface area contributed by atoms with Crippen molar-refractivity contribution >= 4 is 23.7 Å². The second-order valence-corrected chi connectivity index (χ2v) is 7.55. The van der Waals surface area contributed by atoms with Gasteiger partial charge in [-0.1, -0.05) is 58.0 Å². The molecule has 0 bridgehead atoms. The highest BCUT2D eigenvalue weighted by molar-refractivity contribution is 6.03. The molecule has 1 unspecified atom stereocenters. The molecule has 31 heavy (non-hydrogen) atoms. The quantitative estimate of drug-likeness (QED) is 0.422. The van der Waals surface area contributed by atoms with E-state index in [1.165, 1.54) is 26.4 Å². The van der Waals surface area contributed by atoms with Crippen molar-refractivity contribution < 1.29 is 28.6 Å². The Bertz CT molecular complexity index is 931. The number of carbonyl (C=O) groups excluding carboxylic acids is 3. The molecular formula is C23H28N2O6. The van der Waals surface area contributed by atoms with Gasteiger partial charge >= 0.3 is 17.9 Å². The zero-order valence-electron chi connectivity index (χ0n) is 18.6. The number of hydrogen-bond acceptors (Lipinski definition) is 8. The van der Waals surface area contributed by atoms with E-state index in [4.69, 9.17) is 14.2 Å². The molecule has 0 aliphatic carbocycles. The maximum atomic E-state index is 12.7. The van der Waals surface area contributed by atoms with Gasteiger partial charge in [0.1, 0.15) is 11.5 Å². The third-order valence-electron chi connectivity index (χ3n) is 4.78. The Morgan fingerprint density at radius 1 is 0.968 bits per heavy atom. The summed E-state index contributed by atoms with van der Waals surface area (Å²) in [7, 11) is 2.49. The predicted octanol–water partition coefficient (Wildman–Crippen LogP) is 2.74. The Balaban J connectivity index is 2.84. The summed E-state index contributed by atoms with van der Waals surface area (Å²) >= 11 is 0. The number of nitrogens with one attached hydrogen (secondary N) is 1. The largest absolute Gasteiger partial charge is 0.466 e. The number of carbonyl (C=O) groups is 3. The Kier molecular flexibility index (Phi) is 7.74. The number of aliphatic imine (C=N–C) groups is 1. The number of nitrogens with zero attached hydrogens (tertiary/aromatic N) is 1. The van der Waals surface area contributed by atoms with E-state index in [1.807, 2.05) is 30.3 Å². The molecule has 0 spiro atoms. The van der Waals surface area contributed by atoms with E-state index in [0.717, 1.165) is 0 Å². The maximum absolute atomic E-state index is 12.7. The fourth-order valence-electron chi connectivity index (χ4n) is 3.06. The number of methoxy groups -OCH3 is 2. The minimum atomic E-state index is -1.54. The summed E-state index contributed by atoms with van der Waals surface area (Å²) in [6.45, 7) is 6.99. The highest BCUT2D eigenvalue weighted by atomic mass is 16.6. The molecular weight excluding hydrogens is 400 g/mol. The van der Waals surface area contributed by atoms with Gasteiger partial charge in [-0.25, -0.2) is 14.6 Å². The van der Waals surface area contributed by atoms with Gasteiger partial charge in [0.2, 0.25) is 0 Å². The number of rotatable bonds is 6. The van der Waals surface area contributed by atoms with Crippen molar-refractivity contribution in [2.45, 2.75) is 33.3 Å². The zero-order chi connectivity index (χ0) is 23.2. The summed E-state index contributed by atoms with van der Waals surface area (Å²) in [6, 6.07) is 9.15. The molecule has 0 saturated heterocycles. The SMILES string of the molecule is COC(=O)/C=C1\NC(c2ccccc2)=N/C(=C/C(=O)OC)C1(OC(=O)C(C)C)C(C)C. The fourth-order valence-corrected chi connectivity index (χ4v) is 3.06. The Labute approximate surface area is 182 Å². The zero-order valence-corrected chi connectivity index (χ0v) is 18.6. The van der Waals surface area contributed by atoms with Crippen LogP contribution in [0.4, 0.5) is 0 Å². The van der Waals surface area contributed by atoms with Gasteiger partial charge in [-0.3, -0.25) is 4.79 Å². The molecule has 8 heteroatoms. The summed E-state index contributed by atoms with van der Waals surface area (Å²) < 4.78 is 15.6.